The molecule has 1 heterocycles. The van der Waals surface area contributed by atoms with Crippen LogP contribution >= 0.6 is 0 Å². The molecular formula is C19H14N4O2. The highest BCUT2D eigenvalue weighted by atomic mass is 16.6. The number of hydrogen-bond donors (Lipinski definition) is 0. The van der Waals surface area contributed by atoms with E-state index in [1.807, 2.05) is 35.9 Å². The van der Waals surface area contributed by atoms with E-state index in [9.17, 15) is 15.4 Å². The van der Waals surface area contributed by atoms with Crippen LogP contribution in [0.25, 0.3) is 22.7 Å². The highest BCUT2D eigenvalue weighted by Crippen LogP contribution is 2.20. The number of nitrogens with zero attached hydrogens (tertiary/aromatic N) is 4. The summed E-state index contributed by atoms with van der Waals surface area (Å²) in [5.74, 6) is 0.594. The zero-order valence-electron chi connectivity index (χ0n) is 13.5. The Labute approximate surface area is 144 Å². The van der Waals surface area contributed by atoms with Gasteiger partial charge >= 0.3 is 0 Å². The van der Waals surface area contributed by atoms with E-state index in [-0.39, 0.29) is 5.69 Å². The molecule has 0 fully saturated rings. The number of para-hydroxylation sites is 2. The van der Waals surface area contributed by atoms with Gasteiger partial charge in [0.1, 0.15) is 6.07 Å². The summed E-state index contributed by atoms with van der Waals surface area (Å²) in [4.78, 5) is 14.7. The van der Waals surface area contributed by atoms with Crippen LogP contribution in [0.3, 0.4) is 0 Å². The third-order valence-corrected chi connectivity index (χ3v) is 3.80. The summed E-state index contributed by atoms with van der Waals surface area (Å²) in [6.45, 7) is 0. The predicted molar refractivity (Wildman–Crippen MR) is 96.4 cm³/mol. The smallest absolute Gasteiger partial charge is 0.269 e. The van der Waals surface area contributed by atoms with E-state index >= 15 is 0 Å². The minimum Gasteiger partial charge on any atom is -0.327 e. The summed E-state index contributed by atoms with van der Waals surface area (Å²) < 4.78 is 1.88. The van der Waals surface area contributed by atoms with Gasteiger partial charge in [-0.15, -0.1) is 0 Å². The minimum absolute atomic E-state index is 0.0464. The first-order valence-corrected chi connectivity index (χ1v) is 7.55. The van der Waals surface area contributed by atoms with Crippen molar-refractivity contribution in [3.8, 4) is 6.07 Å². The van der Waals surface area contributed by atoms with Gasteiger partial charge in [-0.1, -0.05) is 24.3 Å². The zero-order chi connectivity index (χ0) is 17.8. The molecule has 0 saturated carbocycles. The van der Waals surface area contributed by atoms with Gasteiger partial charge in [-0.3, -0.25) is 10.1 Å². The van der Waals surface area contributed by atoms with Gasteiger partial charge in [0, 0.05) is 19.2 Å². The lowest BCUT2D eigenvalue weighted by atomic mass is 10.1. The van der Waals surface area contributed by atoms with Crippen LogP contribution in [0.1, 0.15) is 11.4 Å². The predicted octanol–water partition coefficient (Wildman–Crippen LogP) is 4.10. The van der Waals surface area contributed by atoms with Gasteiger partial charge in [-0.25, -0.2) is 4.98 Å². The Bertz CT molecular complexity index is 1040. The monoisotopic (exact) mass is 330 g/mol. The first-order chi connectivity index (χ1) is 12.1. The number of aromatic nitrogens is 2. The number of nitro benzene ring substituents is 1. The molecule has 3 rings (SSSR count). The number of non-ortho nitro benzene ring substituents is 1. The van der Waals surface area contributed by atoms with Crippen molar-refractivity contribution >= 4 is 28.4 Å². The van der Waals surface area contributed by atoms with Gasteiger partial charge in [-0.2, -0.15) is 5.26 Å². The maximum Gasteiger partial charge on any atom is 0.269 e. The molecule has 6 heteroatoms. The molecule has 3 aromatic rings. The molecule has 6 nitrogen and oxygen atoms in total. The molecule has 1 aromatic heterocycles. The molecule has 0 aliphatic rings. The lowest BCUT2D eigenvalue weighted by Crippen LogP contribution is -1.95. The number of imidazole rings is 1. The fraction of sp³-hybridized carbons (Fsp3) is 0.0526. The van der Waals surface area contributed by atoms with Crippen LogP contribution < -0.4 is 0 Å². The van der Waals surface area contributed by atoms with Crippen LogP contribution in [-0.4, -0.2) is 14.5 Å². The fourth-order valence-corrected chi connectivity index (χ4v) is 2.51. The van der Waals surface area contributed by atoms with Crippen molar-refractivity contribution in [3.63, 3.8) is 0 Å². The van der Waals surface area contributed by atoms with Crippen LogP contribution in [0.2, 0.25) is 0 Å². The summed E-state index contributed by atoms with van der Waals surface area (Å²) in [6.07, 6.45) is 5.20. The molecular weight excluding hydrogens is 316 g/mol. The van der Waals surface area contributed by atoms with Gasteiger partial charge in [0.15, 0.2) is 5.82 Å². The van der Waals surface area contributed by atoms with Crippen LogP contribution in [0, 0.1) is 21.4 Å². The Balaban J connectivity index is 1.88. The standard InChI is InChI=1S/C19H14N4O2/c1-22-18-8-3-2-7-17(18)21-19(22)15(13-20)6-4-5-14-9-11-16(12-10-14)23(24)25/h2-12H,1H3. The third kappa shape index (κ3) is 3.31. The molecule has 0 bridgehead atoms. The van der Waals surface area contributed by atoms with Crippen LogP contribution in [0.4, 0.5) is 5.69 Å². The van der Waals surface area contributed by atoms with Crippen molar-refractivity contribution in [1.82, 2.24) is 9.55 Å². The fourth-order valence-electron chi connectivity index (χ4n) is 2.51. The van der Waals surface area contributed by atoms with E-state index in [1.165, 1.54) is 12.1 Å². The average molecular weight is 330 g/mol. The van der Waals surface area contributed by atoms with E-state index in [2.05, 4.69) is 11.1 Å². The molecule has 2 aromatic carbocycles. The molecule has 0 amide bonds. The number of allylic oxidation sites excluding steroid dienone is 3. The third-order valence-electron chi connectivity index (χ3n) is 3.80. The second kappa shape index (κ2) is 6.81. The molecule has 0 aliphatic heterocycles. The van der Waals surface area contributed by atoms with Gasteiger partial charge in [-0.05, 0) is 35.9 Å². The Morgan fingerprint density at radius 3 is 2.60 bits per heavy atom. The van der Waals surface area contributed by atoms with Crippen LogP contribution in [0.15, 0.2) is 60.7 Å². The van der Waals surface area contributed by atoms with Gasteiger partial charge in [0.2, 0.25) is 0 Å². The lowest BCUT2D eigenvalue weighted by Gasteiger charge is -1.99. The van der Waals surface area contributed by atoms with Crippen molar-refractivity contribution in [1.29, 1.82) is 5.26 Å². The number of benzene rings is 2. The van der Waals surface area contributed by atoms with Crippen molar-refractivity contribution in [3.05, 3.63) is 82.2 Å². The Kier molecular flexibility index (Phi) is 4.40. The Morgan fingerprint density at radius 1 is 1.24 bits per heavy atom. The molecule has 25 heavy (non-hydrogen) atoms. The van der Waals surface area contributed by atoms with Crippen molar-refractivity contribution in [2.45, 2.75) is 0 Å². The molecule has 0 atom stereocenters. The number of aryl methyl sites for hydroxylation is 1. The largest absolute Gasteiger partial charge is 0.327 e. The molecule has 0 unspecified atom stereocenters. The summed E-state index contributed by atoms with van der Waals surface area (Å²) in [7, 11) is 1.87. The molecule has 0 aliphatic carbocycles. The highest BCUT2D eigenvalue weighted by molar-refractivity contribution is 5.83. The first-order valence-electron chi connectivity index (χ1n) is 7.55. The number of hydrogen-bond acceptors (Lipinski definition) is 4. The highest BCUT2D eigenvalue weighted by Gasteiger charge is 2.10. The van der Waals surface area contributed by atoms with Crippen LogP contribution in [-0.2, 0) is 7.05 Å². The van der Waals surface area contributed by atoms with E-state index in [1.54, 1.807) is 30.4 Å². The van der Waals surface area contributed by atoms with Crippen molar-refractivity contribution < 1.29 is 4.92 Å². The van der Waals surface area contributed by atoms with Crippen molar-refractivity contribution in [2.75, 3.05) is 0 Å². The zero-order valence-corrected chi connectivity index (χ0v) is 13.5. The topological polar surface area (TPSA) is 84.8 Å². The van der Waals surface area contributed by atoms with Crippen molar-refractivity contribution in [2.24, 2.45) is 7.05 Å². The second-order valence-corrected chi connectivity index (χ2v) is 5.38. The maximum atomic E-state index is 10.6. The SMILES string of the molecule is Cn1c(C(C#N)=CC=Cc2ccc([N+](=O)[O-])cc2)nc2ccccc21. The Hall–Kier alpha value is -3.72. The van der Waals surface area contributed by atoms with Gasteiger partial charge in [0.25, 0.3) is 5.69 Å². The van der Waals surface area contributed by atoms with E-state index in [0.717, 1.165) is 16.6 Å². The quantitative estimate of drug-likeness (QED) is 0.312. The number of nitriles is 1. The molecule has 0 saturated heterocycles. The second-order valence-electron chi connectivity index (χ2n) is 5.38. The van der Waals surface area contributed by atoms with Crippen LogP contribution in [0.5, 0.6) is 0 Å². The minimum atomic E-state index is -0.438. The molecule has 0 N–H and O–H groups in total. The average Bonchev–Trinajstić information content (AvgIpc) is 2.96. The lowest BCUT2D eigenvalue weighted by molar-refractivity contribution is -0.384. The van der Waals surface area contributed by atoms with Gasteiger partial charge in [0.05, 0.1) is 21.5 Å². The number of fused-ring (bicyclic) bond motifs is 1. The number of rotatable bonds is 4. The maximum absolute atomic E-state index is 10.6. The molecule has 122 valence electrons. The van der Waals surface area contributed by atoms with E-state index in [4.69, 9.17) is 0 Å². The first kappa shape index (κ1) is 16.1. The summed E-state index contributed by atoms with van der Waals surface area (Å²) in [5.41, 5.74) is 3.09. The number of nitro groups is 1. The van der Waals surface area contributed by atoms with Gasteiger partial charge < -0.3 is 4.57 Å². The summed E-state index contributed by atoms with van der Waals surface area (Å²) >= 11 is 0. The Morgan fingerprint density at radius 2 is 1.96 bits per heavy atom. The summed E-state index contributed by atoms with van der Waals surface area (Å²) in [6, 6.07) is 16.1. The van der Waals surface area contributed by atoms with E-state index < -0.39 is 4.92 Å². The van der Waals surface area contributed by atoms with E-state index in [0.29, 0.717) is 11.4 Å². The normalized spacial score (nSPS) is 11.8. The summed E-state index contributed by atoms with van der Waals surface area (Å²) in [5, 5.41) is 20.1. The molecule has 0 radical (unpaired) electrons. The molecule has 0 spiro atoms.